The Balaban J connectivity index is 2.15. The summed E-state index contributed by atoms with van der Waals surface area (Å²) in [6.07, 6.45) is 0. The molecule has 0 amide bonds. The second-order valence-corrected chi connectivity index (χ2v) is 4.45. The maximum absolute atomic E-state index is 10.9. The van der Waals surface area contributed by atoms with Crippen LogP contribution in [-0.2, 0) is 6.54 Å². The van der Waals surface area contributed by atoms with Gasteiger partial charge in [-0.15, -0.1) is 0 Å². The molecule has 0 unspecified atom stereocenters. The highest BCUT2D eigenvalue weighted by atomic mass is 16.4. The zero-order valence-corrected chi connectivity index (χ0v) is 10.7. The molecule has 0 saturated carbocycles. The van der Waals surface area contributed by atoms with Crippen LogP contribution in [-0.4, -0.2) is 11.1 Å². The van der Waals surface area contributed by atoms with Crippen molar-refractivity contribution >= 4 is 17.3 Å². The summed E-state index contributed by atoms with van der Waals surface area (Å²) in [4.78, 5) is 10.9. The Kier molecular flexibility index (Phi) is 3.71. The molecule has 0 atom stereocenters. The molecule has 0 saturated heterocycles. The average molecular weight is 256 g/mol. The Hall–Kier alpha value is -2.49. The minimum absolute atomic E-state index is 0.223. The molecule has 0 aliphatic carbocycles. The van der Waals surface area contributed by atoms with E-state index in [0.717, 1.165) is 5.56 Å². The number of nitrogens with two attached hydrogens (primary N) is 1. The Morgan fingerprint density at radius 2 is 2.05 bits per heavy atom. The van der Waals surface area contributed by atoms with Crippen LogP contribution < -0.4 is 11.1 Å². The first-order valence-corrected chi connectivity index (χ1v) is 5.98. The summed E-state index contributed by atoms with van der Waals surface area (Å²) < 4.78 is 0. The maximum atomic E-state index is 10.9. The lowest BCUT2D eigenvalue weighted by Crippen LogP contribution is -2.05. The standard InChI is InChI=1S/C15H16N2O2/c1-10-3-2-4-11(7-10)9-17-14-8-12(15(18)19)5-6-13(14)16/h2-8,17H,9,16H2,1H3,(H,18,19). The lowest BCUT2D eigenvalue weighted by Gasteiger charge is -2.10. The summed E-state index contributed by atoms with van der Waals surface area (Å²) in [5.74, 6) is -0.960. The monoisotopic (exact) mass is 256 g/mol. The Bertz CT molecular complexity index is 609. The first-order valence-electron chi connectivity index (χ1n) is 5.98. The van der Waals surface area contributed by atoms with E-state index in [2.05, 4.69) is 11.4 Å². The van der Waals surface area contributed by atoms with Crippen LogP contribution in [0.4, 0.5) is 11.4 Å². The molecule has 4 heteroatoms. The van der Waals surface area contributed by atoms with Crippen LogP contribution in [0.1, 0.15) is 21.5 Å². The number of carbonyl (C=O) groups is 1. The number of carboxylic acid groups (broad SMARTS) is 1. The minimum atomic E-state index is -0.960. The van der Waals surface area contributed by atoms with Crippen molar-refractivity contribution in [3.05, 3.63) is 59.2 Å². The lowest BCUT2D eigenvalue weighted by atomic mass is 10.1. The summed E-state index contributed by atoms with van der Waals surface area (Å²) in [6, 6.07) is 12.7. The van der Waals surface area contributed by atoms with E-state index in [0.29, 0.717) is 17.9 Å². The van der Waals surface area contributed by atoms with Gasteiger partial charge in [-0.05, 0) is 30.7 Å². The molecule has 0 fully saturated rings. The molecule has 4 N–H and O–H groups in total. The second-order valence-electron chi connectivity index (χ2n) is 4.45. The number of anilines is 2. The van der Waals surface area contributed by atoms with Gasteiger partial charge < -0.3 is 16.2 Å². The molecule has 0 aromatic heterocycles. The van der Waals surface area contributed by atoms with E-state index >= 15 is 0 Å². The fourth-order valence-corrected chi connectivity index (χ4v) is 1.86. The molecule has 0 aliphatic heterocycles. The van der Waals surface area contributed by atoms with Crippen molar-refractivity contribution in [3.8, 4) is 0 Å². The van der Waals surface area contributed by atoms with Crippen molar-refractivity contribution in [3.63, 3.8) is 0 Å². The maximum Gasteiger partial charge on any atom is 0.335 e. The van der Waals surface area contributed by atoms with E-state index in [1.54, 1.807) is 12.1 Å². The summed E-state index contributed by atoms with van der Waals surface area (Å²) in [6.45, 7) is 2.64. The van der Waals surface area contributed by atoms with Crippen molar-refractivity contribution < 1.29 is 9.90 Å². The highest BCUT2D eigenvalue weighted by molar-refractivity contribution is 5.90. The number of benzene rings is 2. The van der Waals surface area contributed by atoms with Crippen molar-refractivity contribution in [2.24, 2.45) is 0 Å². The van der Waals surface area contributed by atoms with Crippen molar-refractivity contribution in [1.29, 1.82) is 0 Å². The molecule has 2 aromatic rings. The van der Waals surface area contributed by atoms with Gasteiger partial charge in [0.25, 0.3) is 0 Å². The zero-order valence-electron chi connectivity index (χ0n) is 10.7. The van der Waals surface area contributed by atoms with Crippen molar-refractivity contribution in [1.82, 2.24) is 0 Å². The quantitative estimate of drug-likeness (QED) is 0.735. The molecule has 0 spiro atoms. The van der Waals surface area contributed by atoms with Gasteiger partial charge in [0.1, 0.15) is 0 Å². The van der Waals surface area contributed by atoms with Crippen LogP contribution in [0.5, 0.6) is 0 Å². The van der Waals surface area contributed by atoms with Gasteiger partial charge in [0.05, 0.1) is 16.9 Å². The van der Waals surface area contributed by atoms with Gasteiger partial charge >= 0.3 is 5.97 Å². The summed E-state index contributed by atoms with van der Waals surface area (Å²) >= 11 is 0. The van der Waals surface area contributed by atoms with Gasteiger partial charge in [-0.25, -0.2) is 4.79 Å². The molecule has 19 heavy (non-hydrogen) atoms. The number of hydrogen-bond acceptors (Lipinski definition) is 3. The normalized spacial score (nSPS) is 10.2. The van der Waals surface area contributed by atoms with Crippen LogP contribution in [0.2, 0.25) is 0 Å². The lowest BCUT2D eigenvalue weighted by molar-refractivity contribution is 0.0697. The third-order valence-corrected chi connectivity index (χ3v) is 2.87. The highest BCUT2D eigenvalue weighted by Crippen LogP contribution is 2.21. The summed E-state index contributed by atoms with van der Waals surface area (Å²) in [5.41, 5.74) is 9.54. The number of hydrogen-bond donors (Lipinski definition) is 3. The molecular weight excluding hydrogens is 240 g/mol. The average Bonchev–Trinajstić information content (AvgIpc) is 2.37. The predicted octanol–water partition coefficient (Wildman–Crippen LogP) is 2.89. The van der Waals surface area contributed by atoms with E-state index in [-0.39, 0.29) is 5.56 Å². The number of nitrogens with one attached hydrogen (secondary N) is 1. The van der Waals surface area contributed by atoms with Gasteiger partial charge in [-0.1, -0.05) is 29.8 Å². The van der Waals surface area contributed by atoms with Gasteiger partial charge in [-0.3, -0.25) is 0 Å². The molecule has 4 nitrogen and oxygen atoms in total. The van der Waals surface area contributed by atoms with E-state index < -0.39 is 5.97 Å². The predicted molar refractivity (Wildman–Crippen MR) is 76.3 cm³/mol. The highest BCUT2D eigenvalue weighted by Gasteiger charge is 2.06. The number of aromatic carboxylic acids is 1. The van der Waals surface area contributed by atoms with Crippen LogP contribution in [0.25, 0.3) is 0 Å². The Morgan fingerprint density at radius 1 is 1.26 bits per heavy atom. The van der Waals surface area contributed by atoms with Crippen LogP contribution in [0.15, 0.2) is 42.5 Å². The number of aryl methyl sites for hydroxylation is 1. The molecule has 0 aliphatic rings. The van der Waals surface area contributed by atoms with Gasteiger partial charge in [0.2, 0.25) is 0 Å². The van der Waals surface area contributed by atoms with Crippen LogP contribution >= 0.6 is 0 Å². The van der Waals surface area contributed by atoms with E-state index in [1.165, 1.54) is 11.6 Å². The van der Waals surface area contributed by atoms with Crippen LogP contribution in [0, 0.1) is 6.92 Å². The minimum Gasteiger partial charge on any atom is -0.478 e. The summed E-state index contributed by atoms with van der Waals surface area (Å²) in [5, 5.41) is 12.1. The third-order valence-electron chi connectivity index (χ3n) is 2.87. The molecule has 0 radical (unpaired) electrons. The topological polar surface area (TPSA) is 75.3 Å². The molecule has 2 aromatic carbocycles. The van der Waals surface area contributed by atoms with Crippen molar-refractivity contribution in [2.45, 2.75) is 13.5 Å². The molecule has 0 bridgehead atoms. The summed E-state index contributed by atoms with van der Waals surface area (Å²) in [7, 11) is 0. The zero-order chi connectivity index (χ0) is 13.8. The first-order chi connectivity index (χ1) is 9.06. The van der Waals surface area contributed by atoms with Crippen molar-refractivity contribution in [2.75, 3.05) is 11.1 Å². The Morgan fingerprint density at radius 3 is 2.74 bits per heavy atom. The van der Waals surface area contributed by atoms with E-state index in [9.17, 15) is 4.79 Å². The number of nitrogen functional groups attached to an aromatic ring is 1. The van der Waals surface area contributed by atoms with E-state index in [1.807, 2.05) is 25.1 Å². The molecule has 2 rings (SSSR count). The van der Waals surface area contributed by atoms with Gasteiger partial charge in [-0.2, -0.15) is 0 Å². The number of carboxylic acids is 1. The fraction of sp³-hybridized carbons (Fsp3) is 0.133. The Labute approximate surface area is 111 Å². The largest absolute Gasteiger partial charge is 0.478 e. The number of rotatable bonds is 4. The molecule has 0 heterocycles. The first kappa shape index (κ1) is 13.0. The third kappa shape index (κ3) is 3.25. The molecular formula is C15H16N2O2. The van der Waals surface area contributed by atoms with Gasteiger partial charge in [0.15, 0.2) is 0 Å². The SMILES string of the molecule is Cc1cccc(CNc2cc(C(=O)O)ccc2N)c1. The fourth-order valence-electron chi connectivity index (χ4n) is 1.86. The second kappa shape index (κ2) is 5.44. The molecule has 98 valence electrons. The van der Waals surface area contributed by atoms with Gasteiger partial charge in [0, 0.05) is 6.54 Å². The smallest absolute Gasteiger partial charge is 0.335 e. The van der Waals surface area contributed by atoms with E-state index in [4.69, 9.17) is 10.8 Å². The van der Waals surface area contributed by atoms with Crippen LogP contribution in [0.3, 0.4) is 0 Å².